The number of nitrogens with zero attached hydrogens (tertiary/aromatic N) is 3. The minimum absolute atomic E-state index is 0.258. The number of rotatable bonds is 5. The van der Waals surface area contributed by atoms with Gasteiger partial charge in [-0.05, 0) is 6.92 Å². The molecule has 0 aliphatic carbocycles. The average Bonchev–Trinajstić information content (AvgIpc) is 3.34. The lowest BCUT2D eigenvalue weighted by molar-refractivity contribution is 0.0520. The molecule has 0 aliphatic rings. The summed E-state index contributed by atoms with van der Waals surface area (Å²) < 4.78 is 6.73. The van der Waals surface area contributed by atoms with Crippen molar-refractivity contribution in [2.45, 2.75) is 6.92 Å². The second kappa shape index (κ2) is 7.96. The third-order valence-corrected chi connectivity index (χ3v) is 5.25. The number of carbonyl (C=O) groups is 1. The molecule has 2 heterocycles. The molecule has 0 atom stereocenters. The molecule has 0 saturated carbocycles. The highest BCUT2D eigenvalue weighted by atomic mass is 35.5. The van der Waals surface area contributed by atoms with Gasteiger partial charge in [0.05, 0.1) is 17.3 Å². The van der Waals surface area contributed by atoms with Gasteiger partial charge in [-0.1, -0.05) is 72.3 Å². The minimum Gasteiger partial charge on any atom is -0.461 e. The second-order valence-electron chi connectivity index (χ2n) is 5.89. The number of ether oxygens (including phenoxy) is 1. The highest BCUT2D eigenvalue weighted by Crippen LogP contribution is 2.38. The fraction of sp³-hybridized carbons (Fsp3) is 0.0952. The standard InChI is InChI=1S/C21H16ClN3O2S/c1-2-27-20(26)16-13-28-21(23-16)25-19(15-11-7-4-8-12-15)17(22)18(24-25)14-9-5-3-6-10-14/h3-13H,2H2,1H3. The van der Waals surface area contributed by atoms with Crippen LogP contribution in [0, 0.1) is 0 Å². The molecule has 140 valence electrons. The number of benzene rings is 2. The van der Waals surface area contributed by atoms with Crippen LogP contribution in [-0.2, 0) is 4.74 Å². The van der Waals surface area contributed by atoms with Crippen LogP contribution in [0.1, 0.15) is 17.4 Å². The number of thiazole rings is 1. The Bertz CT molecular complexity index is 1110. The first-order valence-corrected chi connectivity index (χ1v) is 9.97. The topological polar surface area (TPSA) is 57.0 Å². The van der Waals surface area contributed by atoms with Crippen LogP contribution in [0.5, 0.6) is 0 Å². The van der Waals surface area contributed by atoms with Crippen LogP contribution < -0.4 is 0 Å². The van der Waals surface area contributed by atoms with E-state index in [0.717, 1.165) is 16.8 Å². The van der Waals surface area contributed by atoms with Crippen molar-refractivity contribution < 1.29 is 9.53 Å². The Hall–Kier alpha value is -2.96. The van der Waals surface area contributed by atoms with Crippen LogP contribution in [0.4, 0.5) is 0 Å². The monoisotopic (exact) mass is 409 g/mol. The van der Waals surface area contributed by atoms with Gasteiger partial charge in [-0.15, -0.1) is 11.3 Å². The maximum absolute atomic E-state index is 12.0. The van der Waals surface area contributed by atoms with Gasteiger partial charge in [0, 0.05) is 16.5 Å². The van der Waals surface area contributed by atoms with Crippen LogP contribution >= 0.6 is 22.9 Å². The molecule has 28 heavy (non-hydrogen) atoms. The number of halogens is 1. The van der Waals surface area contributed by atoms with Gasteiger partial charge in [0.15, 0.2) is 5.69 Å². The van der Waals surface area contributed by atoms with E-state index in [0.29, 0.717) is 22.5 Å². The summed E-state index contributed by atoms with van der Waals surface area (Å²) in [4.78, 5) is 16.4. The molecular weight excluding hydrogens is 394 g/mol. The second-order valence-corrected chi connectivity index (χ2v) is 7.11. The van der Waals surface area contributed by atoms with Crippen molar-refractivity contribution in [3.05, 3.63) is 76.8 Å². The molecule has 0 bridgehead atoms. The Morgan fingerprint density at radius 2 is 1.71 bits per heavy atom. The molecule has 0 N–H and O–H groups in total. The number of esters is 1. The highest BCUT2D eigenvalue weighted by molar-refractivity contribution is 7.12. The van der Waals surface area contributed by atoms with E-state index in [9.17, 15) is 4.79 Å². The molecule has 7 heteroatoms. The van der Waals surface area contributed by atoms with E-state index in [4.69, 9.17) is 21.4 Å². The van der Waals surface area contributed by atoms with E-state index in [1.54, 1.807) is 17.0 Å². The molecule has 4 rings (SSSR count). The third kappa shape index (κ3) is 3.44. The van der Waals surface area contributed by atoms with Gasteiger partial charge in [0.1, 0.15) is 5.69 Å². The first-order valence-electron chi connectivity index (χ1n) is 8.71. The maximum Gasteiger partial charge on any atom is 0.357 e. The van der Waals surface area contributed by atoms with Gasteiger partial charge in [0.2, 0.25) is 5.13 Å². The summed E-state index contributed by atoms with van der Waals surface area (Å²) in [6.45, 7) is 2.06. The van der Waals surface area contributed by atoms with Crippen LogP contribution in [-0.4, -0.2) is 27.3 Å². The summed E-state index contributed by atoms with van der Waals surface area (Å²) >= 11 is 8.08. The Labute approximate surface area is 171 Å². The molecule has 2 aromatic heterocycles. The molecule has 0 unspecified atom stereocenters. The Morgan fingerprint density at radius 3 is 2.36 bits per heavy atom. The lowest BCUT2D eigenvalue weighted by Gasteiger charge is -2.04. The number of aromatic nitrogens is 3. The van der Waals surface area contributed by atoms with Gasteiger partial charge in [0.25, 0.3) is 0 Å². The van der Waals surface area contributed by atoms with E-state index >= 15 is 0 Å². The zero-order chi connectivity index (χ0) is 19.5. The fourth-order valence-corrected chi connectivity index (χ4v) is 3.91. The van der Waals surface area contributed by atoms with Gasteiger partial charge < -0.3 is 4.74 Å². The summed E-state index contributed by atoms with van der Waals surface area (Å²) in [6, 6.07) is 19.5. The first kappa shape index (κ1) is 18.4. The first-order chi connectivity index (χ1) is 13.7. The van der Waals surface area contributed by atoms with Crippen LogP contribution in [0.3, 0.4) is 0 Å². The van der Waals surface area contributed by atoms with E-state index in [1.165, 1.54) is 11.3 Å². The third-order valence-electron chi connectivity index (χ3n) is 4.08. The van der Waals surface area contributed by atoms with Crippen LogP contribution in [0.15, 0.2) is 66.0 Å². The zero-order valence-electron chi connectivity index (χ0n) is 15.0. The Balaban J connectivity index is 1.88. The Morgan fingerprint density at radius 1 is 1.07 bits per heavy atom. The van der Waals surface area contributed by atoms with Crippen molar-refractivity contribution >= 4 is 28.9 Å². The van der Waals surface area contributed by atoms with E-state index < -0.39 is 5.97 Å². The van der Waals surface area contributed by atoms with Gasteiger partial charge in [-0.3, -0.25) is 0 Å². The summed E-state index contributed by atoms with van der Waals surface area (Å²) in [5.74, 6) is -0.451. The zero-order valence-corrected chi connectivity index (χ0v) is 16.6. The predicted molar refractivity (Wildman–Crippen MR) is 111 cm³/mol. The summed E-state index contributed by atoms with van der Waals surface area (Å²) in [7, 11) is 0. The van der Waals surface area contributed by atoms with Crippen molar-refractivity contribution in [2.24, 2.45) is 0 Å². The van der Waals surface area contributed by atoms with Crippen molar-refractivity contribution in [2.75, 3.05) is 6.61 Å². The van der Waals surface area contributed by atoms with Crippen LogP contribution in [0.25, 0.3) is 27.6 Å². The number of hydrogen-bond acceptors (Lipinski definition) is 5. The molecule has 0 saturated heterocycles. The van der Waals surface area contributed by atoms with Gasteiger partial charge >= 0.3 is 5.97 Å². The van der Waals surface area contributed by atoms with Gasteiger partial charge in [-0.2, -0.15) is 5.10 Å². The van der Waals surface area contributed by atoms with Crippen molar-refractivity contribution in [3.63, 3.8) is 0 Å². The average molecular weight is 410 g/mol. The maximum atomic E-state index is 12.0. The molecular formula is C21H16ClN3O2S. The molecule has 0 amide bonds. The van der Waals surface area contributed by atoms with Crippen LogP contribution in [0.2, 0.25) is 5.02 Å². The normalized spacial score (nSPS) is 10.8. The SMILES string of the molecule is CCOC(=O)c1csc(-n2nc(-c3ccccc3)c(Cl)c2-c2ccccc2)n1. The predicted octanol–water partition coefficient (Wildman–Crippen LogP) is 5.49. The molecule has 0 radical (unpaired) electrons. The molecule has 5 nitrogen and oxygen atoms in total. The summed E-state index contributed by atoms with van der Waals surface area (Å²) in [5.41, 5.74) is 3.47. The lowest BCUT2D eigenvalue weighted by Crippen LogP contribution is -2.06. The minimum atomic E-state index is -0.451. The lowest BCUT2D eigenvalue weighted by atomic mass is 10.1. The van der Waals surface area contributed by atoms with E-state index in [-0.39, 0.29) is 5.69 Å². The number of carbonyl (C=O) groups excluding carboxylic acids is 1. The van der Waals surface area contributed by atoms with Gasteiger partial charge in [-0.25, -0.2) is 14.5 Å². The largest absolute Gasteiger partial charge is 0.461 e. The van der Waals surface area contributed by atoms with E-state index in [1.807, 2.05) is 60.7 Å². The highest BCUT2D eigenvalue weighted by Gasteiger charge is 2.22. The summed E-state index contributed by atoms with van der Waals surface area (Å²) in [6.07, 6.45) is 0. The van der Waals surface area contributed by atoms with E-state index in [2.05, 4.69) is 4.98 Å². The smallest absolute Gasteiger partial charge is 0.357 e. The molecule has 0 aliphatic heterocycles. The number of hydrogen-bond donors (Lipinski definition) is 0. The fourth-order valence-electron chi connectivity index (χ4n) is 2.82. The quantitative estimate of drug-likeness (QED) is 0.409. The summed E-state index contributed by atoms with van der Waals surface area (Å²) in [5, 5.41) is 7.47. The molecule has 0 spiro atoms. The molecule has 0 fully saturated rings. The van der Waals surface area contributed by atoms with Crippen molar-refractivity contribution in [3.8, 4) is 27.6 Å². The molecule has 2 aromatic carbocycles. The van der Waals surface area contributed by atoms with Crippen molar-refractivity contribution in [1.29, 1.82) is 0 Å². The van der Waals surface area contributed by atoms with Crippen molar-refractivity contribution in [1.82, 2.24) is 14.8 Å². The molecule has 4 aromatic rings. The Kier molecular flexibility index (Phi) is 5.23.